The molecule has 0 fully saturated rings. The van der Waals surface area contributed by atoms with E-state index < -0.39 is 18.8 Å². The molecule has 0 bridgehead atoms. The Hall–Kier alpha value is -0.730. The molecule has 1 aromatic heterocycles. The summed E-state index contributed by atoms with van der Waals surface area (Å²) in [5.74, 6) is 0.811. The second kappa shape index (κ2) is 7.44. The first kappa shape index (κ1) is 18.6. The number of thioether (sulfide) groups is 1. The van der Waals surface area contributed by atoms with Crippen LogP contribution in [0.4, 0.5) is 8.78 Å². The van der Waals surface area contributed by atoms with E-state index >= 15 is 0 Å². The van der Waals surface area contributed by atoms with E-state index in [9.17, 15) is 13.3 Å². The number of halogens is 3. The fourth-order valence-electron chi connectivity index (χ4n) is 1.89. The SMILES string of the molecule is O=P(O)(O)C(F)(F)c1ccc(CCCSc2ncc[nH]2)cc1Br. The van der Waals surface area contributed by atoms with Gasteiger partial charge >= 0.3 is 13.3 Å². The third kappa shape index (κ3) is 4.64. The Morgan fingerprint density at radius 1 is 1.39 bits per heavy atom. The summed E-state index contributed by atoms with van der Waals surface area (Å²) in [6, 6.07) is 3.98. The number of imidazole rings is 1. The largest absolute Gasteiger partial charge is 0.399 e. The molecule has 23 heavy (non-hydrogen) atoms. The fraction of sp³-hybridized carbons (Fsp3) is 0.308. The van der Waals surface area contributed by atoms with Crippen molar-refractivity contribution in [3.05, 3.63) is 46.2 Å². The predicted octanol–water partition coefficient (Wildman–Crippen LogP) is 4.12. The summed E-state index contributed by atoms with van der Waals surface area (Å²) in [4.78, 5) is 24.6. The molecular formula is C13H14BrF2N2O3PS. The average Bonchev–Trinajstić information content (AvgIpc) is 2.95. The van der Waals surface area contributed by atoms with Crippen LogP contribution in [0.3, 0.4) is 0 Å². The number of rotatable bonds is 7. The predicted molar refractivity (Wildman–Crippen MR) is 87.7 cm³/mol. The minimum atomic E-state index is -5.56. The highest BCUT2D eigenvalue weighted by molar-refractivity contribution is 9.10. The Kier molecular flexibility index (Phi) is 6.02. The minimum absolute atomic E-state index is 0.0120. The van der Waals surface area contributed by atoms with E-state index in [2.05, 4.69) is 25.9 Å². The van der Waals surface area contributed by atoms with Crippen LogP contribution in [0.2, 0.25) is 0 Å². The average molecular weight is 427 g/mol. The summed E-state index contributed by atoms with van der Waals surface area (Å²) < 4.78 is 38.3. The van der Waals surface area contributed by atoms with Gasteiger partial charge in [0.25, 0.3) is 0 Å². The van der Waals surface area contributed by atoms with Crippen LogP contribution in [0.1, 0.15) is 17.5 Å². The van der Waals surface area contributed by atoms with E-state index in [4.69, 9.17) is 9.79 Å². The maximum atomic E-state index is 13.7. The van der Waals surface area contributed by atoms with Gasteiger partial charge in [-0.1, -0.05) is 39.8 Å². The van der Waals surface area contributed by atoms with Crippen molar-refractivity contribution >= 4 is 35.3 Å². The van der Waals surface area contributed by atoms with Crippen LogP contribution < -0.4 is 0 Å². The van der Waals surface area contributed by atoms with Crippen LogP contribution in [0.25, 0.3) is 0 Å². The molecule has 2 rings (SSSR count). The van der Waals surface area contributed by atoms with Gasteiger partial charge in [-0.05, 0) is 24.5 Å². The molecule has 1 aromatic carbocycles. The first-order chi connectivity index (χ1) is 10.7. The molecule has 126 valence electrons. The van der Waals surface area contributed by atoms with Crippen molar-refractivity contribution in [2.45, 2.75) is 23.7 Å². The zero-order chi connectivity index (χ0) is 17.1. The lowest BCUT2D eigenvalue weighted by atomic mass is 10.1. The van der Waals surface area contributed by atoms with Crippen molar-refractivity contribution in [2.75, 3.05) is 5.75 Å². The van der Waals surface area contributed by atoms with Crippen LogP contribution in [-0.2, 0) is 16.6 Å². The molecule has 2 aromatic rings. The molecule has 0 atom stereocenters. The maximum Gasteiger partial charge on any atom is 0.399 e. The van der Waals surface area contributed by atoms with E-state index in [1.807, 2.05) is 0 Å². The standard InChI is InChI=1S/C13H14BrF2N2O3PS/c14-11-8-9(2-1-7-23-12-17-5-6-18-12)3-4-10(11)13(15,16)22(19,20)21/h3-6,8H,1-2,7H2,(H,17,18)(H2,19,20,21). The maximum absolute atomic E-state index is 13.7. The number of nitrogens with zero attached hydrogens (tertiary/aromatic N) is 1. The van der Waals surface area contributed by atoms with Crippen molar-refractivity contribution < 1.29 is 23.1 Å². The second-order valence-corrected chi connectivity index (χ2v) is 8.33. The van der Waals surface area contributed by atoms with Gasteiger partial charge in [0, 0.05) is 28.2 Å². The van der Waals surface area contributed by atoms with Crippen LogP contribution in [-0.4, -0.2) is 25.5 Å². The molecule has 3 N–H and O–H groups in total. The molecule has 5 nitrogen and oxygen atoms in total. The van der Waals surface area contributed by atoms with E-state index in [0.717, 1.165) is 29.0 Å². The summed E-state index contributed by atoms with van der Waals surface area (Å²) >= 11 is 4.53. The van der Waals surface area contributed by atoms with Gasteiger partial charge in [0.15, 0.2) is 5.16 Å². The topological polar surface area (TPSA) is 86.2 Å². The number of aryl methyl sites for hydroxylation is 1. The Morgan fingerprint density at radius 2 is 2.13 bits per heavy atom. The highest BCUT2D eigenvalue weighted by atomic mass is 79.9. The van der Waals surface area contributed by atoms with Crippen molar-refractivity contribution in [3.63, 3.8) is 0 Å². The highest BCUT2D eigenvalue weighted by Crippen LogP contribution is 2.60. The highest BCUT2D eigenvalue weighted by Gasteiger charge is 2.51. The third-order valence-electron chi connectivity index (χ3n) is 3.05. The van der Waals surface area contributed by atoms with Gasteiger partial charge in [-0.2, -0.15) is 8.78 Å². The van der Waals surface area contributed by atoms with Crippen molar-refractivity contribution in [2.24, 2.45) is 0 Å². The number of aromatic nitrogens is 2. The molecule has 1 heterocycles. The molecule has 10 heteroatoms. The van der Waals surface area contributed by atoms with Gasteiger partial charge in [0.2, 0.25) is 0 Å². The summed E-state index contributed by atoms with van der Waals surface area (Å²) in [7, 11) is -5.56. The smallest absolute Gasteiger partial charge is 0.340 e. The van der Waals surface area contributed by atoms with Crippen LogP contribution in [0, 0.1) is 0 Å². The molecule has 0 aliphatic rings. The Morgan fingerprint density at radius 3 is 2.70 bits per heavy atom. The molecule has 0 amide bonds. The van der Waals surface area contributed by atoms with Gasteiger partial charge in [0.1, 0.15) is 0 Å². The zero-order valence-corrected chi connectivity index (χ0v) is 15.0. The quantitative estimate of drug-likeness (QED) is 0.352. The normalized spacial score (nSPS) is 12.6. The lowest BCUT2D eigenvalue weighted by Gasteiger charge is -2.19. The number of benzene rings is 1. The first-order valence-electron chi connectivity index (χ1n) is 6.56. The van der Waals surface area contributed by atoms with Crippen LogP contribution in [0.5, 0.6) is 0 Å². The summed E-state index contributed by atoms with van der Waals surface area (Å²) in [5.41, 5.74) is -4.11. The zero-order valence-electron chi connectivity index (χ0n) is 11.7. The second-order valence-electron chi connectivity index (χ2n) is 4.75. The third-order valence-corrected chi connectivity index (χ3v) is 5.66. The molecule has 0 aliphatic carbocycles. The molecule has 0 saturated heterocycles. The lowest BCUT2D eigenvalue weighted by molar-refractivity contribution is 0.0557. The van der Waals surface area contributed by atoms with E-state index in [0.29, 0.717) is 6.42 Å². The van der Waals surface area contributed by atoms with Crippen LogP contribution >= 0.6 is 35.3 Å². The molecule has 0 spiro atoms. The van der Waals surface area contributed by atoms with E-state index in [1.165, 1.54) is 12.1 Å². The van der Waals surface area contributed by atoms with Crippen LogP contribution in [0.15, 0.2) is 40.2 Å². The molecule has 0 saturated carbocycles. The first-order valence-corrected chi connectivity index (χ1v) is 9.95. The van der Waals surface area contributed by atoms with E-state index in [-0.39, 0.29) is 4.47 Å². The van der Waals surface area contributed by atoms with Gasteiger partial charge < -0.3 is 14.8 Å². The minimum Gasteiger partial charge on any atom is -0.340 e. The monoisotopic (exact) mass is 426 g/mol. The number of hydrogen-bond donors (Lipinski definition) is 3. The number of alkyl halides is 2. The summed E-state index contributed by atoms with van der Waals surface area (Å²) in [6.45, 7) is 0. The number of hydrogen-bond acceptors (Lipinski definition) is 3. The number of H-pyrrole nitrogens is 1. The summed E-state index contributed by atoms with van der Waals surface area (Å²) in [6.07, 6.45) is 4.87. The fourth-order valence-corrected chi connectivity index (χ4v) is 4.00. The lowest BCUT2D eigenvalue weighted by Crippen LogP contribution is -2.14. The van der Waals surface area contributed by atoms with Crippen molar-refractivity contribution in [1.29, 1.82) is 0 Å². The molecule has 0 unspecified atom stereocenters. The van der Waals surface area contributed by atoms with Gasteiger partial charge in [-0.3, -0.25) is 4.57 Å². The molecule has 0 aliphatic heterocycles. The van der Waals surface area contributed by atoms with Gasteiger partial charge in [0.05, 0.1) is 0 Å². The molecular weight excluding hydrogens is 413 g/mol. The molecule has 0 radical (unpaired) electrons. The Labute approximate surface area is 144 Å². The number of nitrogens with one attached hydrogen (secondary N) is 1. The Bertz CT molecular complexity index is 709. The van der Waals surface area contributed by atoms with E-state index in [1.54, 1.807) is 24.2 Å². The van der Waals surface area contributed by atoms with Crippen molar-refractivity contribution in [1.82, 2.24) is 9.97 Å². The summed E-state index contributed by atoms with van der Waals surface area (Å²) in [5, 5.41) is 0.822. The van der Waals surface area contributed by atoms with Crippen molar-refractivity contribution in [3.8, 4) is 0 Å². The van der Waals surface area contributed by atoms with Gasteiger partial charge in [-0.15, -0.1) is 0 Å². The Balaban J connectivity index is 1.98. The van der Waals surface area contributed by atoms with Gasteiger partial charge in [-0.25, -0.2) is 4.98 Å². The number of aromatic amines is 1.